The van der Waals surface area contributed by atoms with Crippen molar-refractivity contribution in [1.82, 2.24) is 0 Å². The summed E-state index contributed by atoms with van der Waals surface area (Å²) in [5, 5.41) is 10.8. The molecule has 0 aromatic heterocycles. The summed E-state index contributed by atoms with van der Waals surface area (Å²) < 4.78 is 54.2. The van der Waals surface area contributed by atoms with E-state index < -0.39 is 65.3 Å². The van der Waals surface area contributed by atoms with Crippen LogP contribution in [0.1, 0.15) is 26.3 Å². The van der Waals surface area contributed by atoms with Gasteiger partial charge in [0.2, 0.25) is 6.29 Å². The molecule has 1 aromatic carbocycles. The second kappa shape index (κ2) is 11.4. The highest BCUT2D eigenvalue weighted by molar-refractivity contribution is 7.85. The molecule has 0 bridgehead atoms. The van der Waals surface area contributed by atoms with E-state index >= 15 is 0 Å². The molecular formula is C20H26O12S. The minimum absolute atomic E-state index is 0.115. The zero-order chi connectivity index (χ0) is 24.8. The average molecular weight is 490 g/mol. The quantitative estimate of drug-likeness (QED) is 0.282. The van der Waals surface area contributed by atoms with Crippen LogP contribution in [0.2, 0.25) is 0 Å². The Morgan fingerprint density at radius 1 is 1.00 bits per heavy atom. The van der Waals surface area contributed by atoms with E-state index in [9.17, 15) is 27.9 Å². The van der Waals surface area contributed by atoms with Gasteiger partial charge in [-0.05, 0) is 6.07 Å². The minimum Gasteiger partial charge on any atom is -0.463 e. The Labute approximate surface area is 190 Å². The minimum atomic E-state index is -3.74. The molecule has 2 rings (SSSR count). The number of ether oxygens (including phenoxy) is 5. The molecule has 12 nitrogen and oxygen atoms in total. The Kier molecular flexibility index (Phi) is 9.16. The lowest BCUT2D eigenvalue weighted by atomic mass is 9.98. The summed E-state index contributed by atoms with van der Waals surface area (Å²) in [6.45, 7) is 2.63. The average Bonchev–Trinajstić information content (AvgIpc) is 2.69. The van der Waals surface area contributed by atoms with Crippen LogP contribution in [0, 0.1) is 0 Å². The molecule has 1 aliphatic rings. The highest BCUT2D eigenvalue weighted by Crippen LogP contribution is 2.30. The van der Waals surface area contributed by atoms with Gasteiger partial charge in [-0.1, -0.05) is 18.2 Å². The van der Waals surface area contributed by atoms with Gasteiger partial charge in [-0.3, -0.25) is 18.6 Å². The fourth-order valence-corrected chi connectivity index (χ4v) is 3.36. The molecule has 0 unspecified atom stereocenters. The Bertz CT molecular complexity index is 960. The second-order valence-electron chi connectivity index (χ2n) is 7.18. The molecule has 0 saturated carbocycles. The number of hydrogen-bond donors (Lipinski definition) is 1. The van der Waals surface area contributed by atoms with Crippen molar-refractivity contribution >= 4 is 28.0 Å². The lowest BCUT2D eigenvalue weighted by molar-refractivity contribution is -0.285. The third kappa shape index (κ3) is 8.28. The summed E-state index contributed by atoms with van der Waals surface area (Å²) in [7, 11) is -3.74. The lowest BCUT2D eigenvalue weighted by Gasteiger charge is -2.42. The van der Waals surface area contributed by atoms with E-state index in [4.69, 9.17) is 27.9 Å². The largest absolute Gasteiger partial charge is 0.463 e. The van der Waals surface area contributed by atoms with Crippen LogP contribution in [0.5, 0.6) is 5.75 Å². The van der Waals surface area contributed by atoms with Crippen LogP contribution in [0.15, 0.2) is 24.3 Å². The molecule has 0 amide bonds. The summed E-state index contributed by atoms with van der Waals surface area (Å²) in [6.07, 6.45) is -6.08. The number of aliphatic hydroxyl groups excluding tert-OH is 1. The molecule has 1 fully saturated rings. The number of esters is 3. The molecule has 1 N–H and O–H groups in total. The van der Waals surface area contributed by atoms with E-state index in [0.717, 1.165) is 27.0 Å². The molecule has 0 aliphatic carbocycles. The number of hydrogen-bond acceptors (Lipinski definition) is 12. The van der Waals surface area contributed by atoms with Gasteiger partial charge in [-0.15, -0.1) is 0 Å². The van der Waals surface area contributed by atoms with Crippen molar-refractivity contribution in [2.45, 2.75) is 58.1 Å². The van der Waals surface area contributed by atoms with E-state index in [2.05, 4.69) is 0 Å². The van der Waals surface area contributed by atoms with Crippen molar-refractivity contribution in [2.24, 2.45) is 0 Å². The van der Waals surface area contributed by atoms with Crippen molar-refractivity contribution in [3.8, 4) is 5.75 Å². The first-order valence-electron chi connectivity index (χ1n) is 9.77. The van der Waals surface area contributed by atoms with Gasteiger partial charge in [-0.25, -0.2) is 0 Å². The van der Waals surface area contributed by atoms with Crippen molar-refractivity contribution in [3.63, 3.8) is 0 Å². The molecule has 0 radical (unpaired) electrons. The van der Waals surface area contributed by atoms with Crippen LogP contribution in [0.3, 0.4) is 0 Å². The number of rotatable bonds is 9. The highest BCUT2D eigenvalue weighted by Gasteiger charge is 2.51. The third-order valence-electron chi connectivity index (χ3n) is 4.31. The molecule has 1 saturated heterocycles. The van der Waals surface area contributed by atoms with Gasteiger partial charge < -0.3 is 28.8 Å². The fourth-order valence-electron chi connectivity index (χ4n) is 3.02. The first kappa shape index (κ1) is 26.5. The smallest absolute Gasteiger partial charge is 0.303 e. The molecule has 0 spiro atoms. The number of carbonyl (C=O) groups is 3. The predicted molar refractivity (Wildman–Crippen MR) is 109 cm³/mol. The zero-order valence-electron chi connectivity index (χ0n) is 18.5. The zero-order valence-corrected chi connectivity index (χ0v) is 19.3. The maximum Gasteiger partial charge on any atom is 0.303 e. The summed E-state index contributed by atoms with van der Waals surface area (Å²) >= 11 is 0. The predicted octanol–water partition coefficient (Wildman–Crippen LogP) is 0.0539. The van der Waals surface area contributed by atoms with Gasteiger partial charge in [0.15, 0.2) is 18.3 Å². The third-order valence-corrected chi connectivity index (χ3v) is 4.86. The van der Waals surface area contributed by atoms with Crippen LogP contribution in [-0.4, -0.2) is 75.0 Å². The Morgan fingerprint density at radius 3 is 2.18 bits per heavy atom. The Balaban J connectivity index is 2.33. The Morgan fingerprint density at radius 2 is 1.61 bits per heavy atom. The van der Waals surface area contributed by atoms with Crippen molar-refractivity contribution < 1.29 is 55.8 Å². The molecule has 1 aliphatic heterocycles. The van der Waals surface area contributed by atoms with E-state index in [-0.39, 0.29) is 12.4 Å². The molecule has 184 valence electrons. The number of benzene rings is 1. The SMILES string of the molecule is CC(=O)OC[C@H]1O[C@@H](Oc2ccccc2COS(C)(=O)=O)[C@H](O)[C@@H](OC(C)=O)[C@H]1OC(C)=O. The van der Waals surface area contributed by atoms with Gasteiger partial charge in [0, 0.05) is 26.3 Å². The fraction of sp³-hybridized carbons (Fsp3) is 0.550. The van der Waals surface area contributed by atoms with Crippen LogP contribution in [-0.2, 0) is 54.2 Å². The summed E-state index contributed by atoms with van der Waals surface area (Å²) in [5.41, 5.74) is 0.321. The Hall–Kier alpha value is -2.74. The summed E-state index contributed by atoms with van der Waals surface area (Å²) in [6, 6.07) is 6.23. The molecule has 33 heavy (non-hydrogen) atoms. The molecule has 5 atom stereocenters. The summed E-state index contributed by atoms with van der Waals surface area (Å²) in [5.74, 6) is -2.05. The van der Waals surface area contributed by atoms with Crippen molar-refractivity contribution in [1.29, 1.82) is 0 Å². The maximum atomic E-state index is 11.6. The number of aliphatic hydroxyl groups is 1. The molecule has 1 heterocycles. The maximum absolute atomic E-state index is 11.6. The van der Waals surface area contributed by atoms with E-state index in [1.54, 1.807) is 12.1 Å². The molecular weight excluding hydrogens is 464 g/mol. The second-order valence-corrected chi connectivity index (χ2v) is 8.82. The number of para-hydroxylation sites is 1. The standard InChI is InChI=1S/C20H26O12S/c1-11(21)27-10-16-18(29-12(2)22)19(30-13(3)23)17(24)20(32-16)31-15-8-6-5-7-14(15)9-28-33(4,25)26/h5-8,16-20,24H,9-10H2,1-4H3/t16-,17-,18+,19-,20-/m1/s1. The summed E-state index contributed by atoms with van der Waals surface area (Å²) in [4.78, 5) is 34.5. The highest BCUT2D eigenvalue weighted by atomic mass is 32.2. The van der Waals surface area contributed by atoms with Crippen molar-refractivity contribution in [2.75, 3.05) is 12.9 Å². The normalized spacial score (nSPS) is 25.1. The first-order chi connectivity index (χ1) is 15.4. The van der Waals surface area contributed by atoms with Gasteiger partial charge in [-0.2, -0.15) is 8.42 Å². The van der Waals surface area contributed by atoms with Crippen molar-refractivity contribution in [3.05, 3.63) is 29.8 Å². The van der Waals surface area contributed by atoms with E-state index in [0.29, 0.717) is 5.56 Å². The van der Waals surface area contributed by atoms with E-state index in [1.807, 2.05) is 0 Å². The van der Waals surface area contributed by atoms with E-state index in [1.165, 1.54) is 12.1 Å². The van der Waals surface area contributed by atoms with Crippen LogP contribution in [0.4, 0.5) is 0 Å². The van der Waals surface area contributed by atoms with Gasteiger partial charge >= 0.3 is 17.9 Å². The van der Waals surface area contributed by atoms with Gasteiger partial charge in [0.05, 0.1) is 12.9 Å². The van der Waals surface area contributed by atoms with Gasteiger partial charge in [0.25, 0.3) is 10.1 Å². The lowest BCUT2D eigenvalue weighted by Crippen LogP contribution is -2.62. The topological polar surface area (TPSA) is 161 Å². The molecule has 1 aromatic rings. The van der Waals surface area contributed by atoms with Gasteiger partial charge in [0.1, 0.15) is 18.5 Å². The molecule has 13 heteroatoms. The monoisotopic (exact) mass is 490 g/mol. The van der Waals surface area contributed by atoms with Crippen LogP contribution >= 0.6 is 0 Å². The van der Waals surface area contributed by atoms with Crippen LogP contribution < -0.4 is 4.74 Å². The van der Waals surface area contributed by atoms with Crippen LogP contribution in [0.25, 0.3) is 0 Å². The first-order valence-corrected chi connectivity index (χ1v) is 11.6. The number of carbonyl (C=O) groups excluding carboxylic acids is 3.